The van der Waals surface area contributed by atoms with Crippen LogP contribution >= 0.6 is 0 Å². The van der Waals surface area contributed by atoms with Crippen molar-refractivity contribution in [2.24, 2.45) is 0 Å². The second-order valence-corrected chi connectivity index (χ2v) is 15.9. The summed E-state index contributed by atoms with van der Waals surface area (Å²) in [7, 11) is 1.73. The van der Waals surface area contributed by atoms with Gasteiger partial charge in [-0.05, 0) is 98.6 Å². The molecule has 2 heterocycles. The number of alkyl halides is 6. The quantitative estimate of drug-likeness (QED) is 0.122. The number of halogens is 7. The number of nitrogens with zero attached hydrogens (tertiary/aromatic N) is 3. The second kappa shape index (κ2) is 18.0. The Labute approximate surface area is 338 Å². The van der Waals surface area contributed by atoms with E-state index in [0.29, 0.717) is 69.6 Å². The first kappa shape index (κ1) is 44.0. The van der Waals surface area contributed by atoms with E-state index in [4.69, 9.17) is 14.6 Å². The summed E-state index contributed by atoms with van der Waals surface area (Å²) in [6.07, 6.45) is -5.05. The fourth-order valence-corrected chi connectivity index (χ4v) is 8.68. The van der Waals surface area contributed by atoms with E-state index in [9.17, 15) is 45.1 Å². The van der Waals surface area contributed by atoms with Crippen LogP contribution in [0.2, 0.25) is 0 Å². The summed E-state index contributed by atoms with van der Waals surface area (Å²) in [5, 5.41) is 8.82. The smallest absolute Gasteiger partial charge is 0.416 e. The number of likely N-dealkylation sites (tertiary alicyclic amines) is 1. The summed E-state index contributed by atoms with van der Waals surface area (Å²) in [6, 6.07) is 14.4. The lowest BCUT2D eigenvalue weighted by molar-refractivity contribution is -0.143. The minimum atomic E-state index is -5.13. The molecule has 2 fully saturated rings. The molecule has 0 unspecified atom stereocenters. The van der Waals surface area contributed by atoms with Gasteiger partial charge in [0.2, 0.25) is 5.91 Å². The van der Waals surface area contributed by atoms with E-state index in [0.717, 1.165) is 29.7 Å². The van der Waals surface area contributed by atoms with Crippen molar-refractivity contribution in [1.82, 2.24) is 14.7 Å². The van der Waals surface area contributed by atoms with Gasteiger partial charge in [0, 0.05) is 37.5 Å². The van der Waals surface area contributed by atoms with Gasteiger partial charge in [-0.15, -0.1) is 0 Å². The SMILES string of the molecule is CN(CCCCCCC(=O)O)C(=O)CO[C@H]1Cc2ccccc2C12CCN(CC[C@]1(c3ccc(F)cc3)CN(C(=O)c3cc(C(F)(F)F)cc(C(F)(F)F)c3)CO1)CC2. The molecule has 3 aromatic rings. The molecule has 0 radical (unpaired) electrons. The average Bonchev–Trinajstić information content (AvgIpc) is 3.77. The number of carbonyl (C=O) groups is 3. The molecule has 2 aliphatic heterocycles. The van der Waals surface area contributed by atoms with Crippen LogP contribution in [0.1, 0.15) is 89.5 Å². The van der Waals surface area contributed by atoms with Crippen molar-refractivity contribution >= 4 is 17.8 Å². The van der Waals surface area contributed by atoms with Crippen molar-refractivity contribution in [3.8, 4) is 0 Å². The number of fused-ring (bicyclic) bond motifs is 2. The highest BCUT2D eigenvalue weighted by atomic mass is 19.4. The number of hydrogen-bond acceptors (Lipinski definition) is 6. The summed E-state index contributed by atoms with van der Waals surface area (Å²) >= 11 is 0. The summed E-state index contributed by atoms with van der Waals surface area (Å²) in [5.41, 5.74) is -2.70. The molecular weight excluding hydrogens is 787 g/mol. The third-order valence-corrected chi connectivity index (χ3v) is 12.1. The van der Waals surface area contributed by atoms with Gasteiger partial charge in [-0.2, -0.15) is 26.3 Å². The van der Waals surface area contributed by atoms with Crippen LogP contribution in [0.3, 0.4) is 0 Å². The molecule has 320 valence electrons. The fourth-order valence-electron chi connectivity index (χ4n) is 8.68. The standard InChI is InChI=1S/C43H48F7N3O6/c1-51(18-7-3-2-4-10-38(55)56)37(54)26-58-36-24-29-8-5-6-9-35(29)40(36)15-19-52(20-16-40)21-17-41(31-11-13-34(44)14-12-31)27-53(28-59-41)39(57)30-22-32(42(45,46)47)25-33(23-30)43(48,49)50/h5-6,8-9,11-14,22-23,25,36H,2-4,7,10,15-21,24,26-28H2,1H3,(H,55,56)/t36-,41+/m0/s1. The highest BCUT2D eigenvalue weighted by Gasteiger charge is 2.50. The van der Waals surface area contributed by atoms with Gasteiger partial charge in [-0.1, -0.05) is 49.2 Å². The van der Waals surface area contributed by atoms with Crippen LogP contribution in [0.5, 0.6) is 0 Å². The predicted octanol–water partition coefficient (Wildman–Crippen LogP) is 8.05. The summed E-state index contributed by atoms with van der Waals surface area (Å²) in [4.78, 5) is 42.4. The molecule has 1 N–H and O–H groups in total. The lowest BCUT2D eigenvalue weighted by Crippen LogP contribution is -2.50. The molecule has 1 aliphatic carbocycles. The normalized spacial score (nSPS) is 20.5. The molecule has 3 aromatic carbocycles. The summed E-state index contributed by atoms with van der Waals surface area (Å²) in [5.74, 6) is -2.54. The minimum absolute atomic E-state index is 0.0290. The van der Waals surface area contributed by atoms with Gasteiger partial charge in [0.1, 0.15) is 24.8 Å². The van der Waals surface area contributed by atoms with E-state index >= 15 is 0 Å². The van der Waals surface area contributed by atoms with Gasteiger partial charge < -0.3 is 29.3 Å². The van der Waals surface area contributed by atoms with E-state index in [-0.39, 0.29) is 49.5 Å². The highest BCUT2D eigenvalue weighted by molar-refractivity contribution is 5.95. The van der Waals surface area contributed by atoms with Gasteiger partial charge in [-0.3, -0.25) is 14.4 Å². The van der Waals surface area contributed by atoms with Crippen molar-refractivity contribution in [2.45, 2.75) is 87.3 Å². The van der Waals surface area contributed by atoms with Crippen LogP contribution in [0.15, 0.2) is 66.7 Å². The highest BCUT2D eigenvalue weighted by Crippen LogP contribution is 2.48. The Morgan fingerprint density at radius 2 is 1.54 bits per heavy atom. The van der Waals surface area contributed by atoms with Gasteiger partial charge in [0.15, 0.2) is 0 Å². The van der Waals surface area contributed by atoms with Crippen molar-refractivity contribution in [3.63, 3.8) is 0 Å². The molecule has 59 heavy (non-hydrogen) atoms. The van der Waals surface area contributed by atoms with Crippen molar-refractivity contribution < 1.29 is 59.7 Å². The summed E-state index contributed by atoms with van der Waals surface area (Å²) in [6.45, 7) is 1.58. The van der Waals surface area contributed by atoms with Gasteiger partial charge >= 0.3 is 18.3 Å². The number of carboxylic acid groups (broad SMARTS) is 1. The van der Waals surface area contributed by atoms with Crippen LogP contribution in [-0.4, -0.2) is 96.8 Å². The van der Waals surface area contributed by atoms with E-state index < -0.39 is 59.1 Å². The van der Waals surface area contributed by atoms with Crippen LogP contribution in [0, 0.1) is 5.82 Å². The average molecular weight is 836 g/mol. The number of rotatable bonds is 15. The lowest BCUT2D eigenvalue weighted by atomic mass is 9.72. The van der Waals surface area contributed by atoms with E-state index in [1.807, 2.05) is 12.1 Å². The Hall–Kier alpha value is -4.54. The topological polar surface area (TPSA) is 99.6 Å². The maximum atomic E-state index is 14.1. The molecule has 0 aromatic heterocycles. The van der Waals surface area contributed by atoms with Crippen LogP contribution in [-0.2, 0) is 48.9 Å². The van der Waals surface area contributed by atoms with E-state index in [2.05, 4.69) is 17.0 Å². The largest absolute Gasteiger partial charge is 0.481 e. The minimum Gasteiger partial charge on any atom is -0.481 e. The Morgan fingerprint density at radius 3 is 2.19 bits per heavy atom. The van der Waals surface area contributed by atoms with Gasteiger partial charge in [0.05, 0.1) is 23.8 Å². The predicted molar refractivity (Wildman–Crippen MR) is 202 cm³/mol. The zero-order valence-corrected chi connectivity index (χ0v) is 32.7. The maximum absolute atomic E-state index is 14.1. The molecule has 0 saturated carbocycles. The zero-order chi connectivity index (χ0) is 42.6. The van der Waals surface area contributed by atoms with Crippen molar-refractivity contribution in [2.75, 3.05) is 53.1 Å². The first-order valence-corrected chi connectivity index (χ1v) is 19.8. The molecule has 2 saturated heterocycles. The molecule has 0 bridgehead atoms. The molecule has 2 amide bonds. The monoisotopic (exact) mass is 835 g/mol. The number of piperidine rings is 1. The van der Waals surface area contributed by atoms with E-state index in [1.54, 1.807) is 11.9 Å². The lowest BCUT2D eigenvalue weighted by Gasteiger charge is -2.44. The van der Waals surface area contributed by atoms with Crippen LogP contribution in [0.25, 0.3) is 0 Å². The fraction of sp³-hybridized carbons (Fsp3) is 0.512. The number of carboxylic acids is 1. The van der Waals surface area contributed by atoms with E-state index in [1.165, 1.54) is 29.8 Å². The number of benzene rings is 3. The number of amides is 2. The van der Waals surface area contributed by atoms with Crippen molar-refractivity contribution in [1.29, 1.82) is 0 Å². The molecule has 9 nitrogen and oxygen atoms in total. The number of unbranched alkanes of at least 4 members (excludes halogenated alkanes) is 3. The molecule has 3 aliphatic rings. The Bertz CT molecular complexity index is 1930. The van der Waals surface area contributed by atoms with Gasteiger partial charge in [0.25, 0.3) is 5.91 Å². The number of aliphatic carboxylic acids is 1. The number of hydrogen-bond donors (Lipinski definition) is 1. The van der Waals surface area contributed by atoms with Crippen LogP contribution < -0.4 is 0 Å². The third kappa shape index (κ3) is 10.3. The first-order valence-electron chi connectivity index (χ1n) is 19.8. The van der Waals surface area contributed by atoms with Gasteiger partial charge in [-0.25, -0.2) is 4.39 Å². The molecule has 2 atom stereocenters. The summed E-state index contributed by atoms with van der Waals surface area (Å²) < 4.78 is 108. The number of ether oxygens (including phenoxy) is 2. The Kier molecular flexibility index (Phi) is 13.4. The maximum Gasteiger partial charge on any atom is 0.416 e. The number of likely N-dealkylation sites (N-methyl/N-ethyl adjacent to an activating group) is 1. The molecule has 16 heteroatoms. The Morgan fingerprint density at radius 1 is 0.898 bits per heavy atom. The molecular formula is C43H48F7N3O6. The Balaban J connectivity index is 1.11. The zero-order valence-electron chi connectivity index (χ0n) is 32.7. The second-order valence-electron chi connectivity index (χ2n) is 15.9. The van der Waals surface area contributed by atoms with Crippen molar-refractivity contribution in [3.05, 3.63) is 106 Å². The number of carbonyl (C=O) groups excluding carboxylic acids is 2. The van der Waals surface area contributed by atoms with Crippen LogP contribution in [0.4, 0.5) is 30.7 Å². The molecule has 6 rings (SSSR count). The third-order valence-electron chi connectivity index (χ3n) is 12.1. The molecule has 1 spiro atoms. The first-order chi connectivity index (χ1) is 27.9.